The van der Waals surface area contributed by atoms with Gasteiger partial charge >= 0.3 is 0 Å². The minimum absolute atomic E-state index is 0.00480. The van der Waals surface area contributed by atoms with Gasteiger partial charge in [-0.15, -0.1) is 0 Å². The molecule has 6 heteroatoms. The zero-order valence-corrected chi connectivity index (χ0v) is 18.3. The van der Waals surface area contributed by atoms with E-state index in [4.69, 9.17) is 0 Å². The molecule has 31 heavy (non-hydrogen) atoms. The highest BCUT2D eigenvalue weighted by atomic mass is 32.2. The molecule has 0 heterocycles. The summed E-state index contributed by atoms with van der Waals surface area (Å²) in [6.07, 6.45) is 1.71. The smallest absolute Gasteiger partial charge is 0.251 e. The molecule has 0 radical (unpaired) electrons. The van der Waals surface area contributed by atoms with Crippen molar-refractivity contribution < 1.29 is 14.0 Å². The second kappa shape index (κ2) is 10.8. The van der Waals surface area contributed by atoms with Gasteiger partial charge in [0.05, 0.1) is 5.69 Å². The van der Waals surface area contributed by atoms with Crippen molar-refractivity contribution in [1.29, 1.82) is 0 Å². The lowest BCUT2D eigenvalue weighted by Crippen LogP contribution is -2.33. The van der Waals surface area contributed by atoms with E-state index in [2.05, 4.69) is 22.8 Å². The molecule has 0 saturated heterocycles. The average Bonchev–Trinajstić information content (AvgIpc) is 2.75. The zero-order chi connectivity index (χ0) is 22.2. The van der Waals surface area contributed by atoms with E-state index in [9.17, 15) is 14.0 Å². The van der Waals surface area contributed by atoms with Crippen molar-refractivity contribution in [1.82, 2.24) is 5.32 Å². The third-order valence-corrected chi connectivity index (χ3v) is 5.76. The predicted octanol–water partition coefficient (Wildman–Crippen LogP) is 5.69. The Morgan fingerprint density at radius 3 is 2.39 bits per heavy atom. The molecule has 3 aromatic rings. The van der Waals surface area contributed by atoms with Crippen molar-refractivity contribution in [3.05, 3.63) is 89.7 Å². The number of benzene rings is 3. The highest BCUT2D eigenvalue weighted by Crippen LogP contribution is 2.34. The molecule has 0 aliphatic heterocycles. The summed E-state index contributed by atoms with van der Waals surface area (Å²) in [5.74, 6) is -0.722. The Labute approximate surface area is 186 Å². The van der Waals surface area contributed by atoms with Gasteiger partial charge in [-0.3, -0.25) is 9.59 Å². The molecule has 0 aromatic heterocycles. The Balaban J connectivity index is 1.69. The van der Waals surface area contributed by atoms with E-state index in [1.807, 2.05) is 25.1 Å². The maximum Gasteiger partial charge on any atom is 0.251 e. The molecule has 2 amide bonds. The average molecular weight is 437 g/mol. The third-order valence-electron chi connectivity index (χ3n) is 4.68. The molecule has 0 spiro atoms. The number of amides is 2. The maximum atomic E-state index is 13.2. The van der Waals surface area contributed by atoms with Gasteiger partial charge in [0.15, 0.2) is 0 Å². The van der Waals surface area contributed by atoms with Crippen molar-refractivity contribution in [2.75, 3.05) is 5.32 Å². The van der Waals surface area contributed by atoms with E-state index in [0.29, 0.717) is 11.3 Å². The second-order valence-electron chi connectivity index (χ2n) is 7.35. The summed E-state index contributed by atoms with van der Waals surface area (Å²) in [6.45, 7) is 3.40. The minimum Gasteiger partial charge on any atom is -0.350 e. The van der Waals surface area contributed by atoms with Crippen molar-refractivity contribution in [3.63, 3.8) is 0 Å². The largest absolute Gasteiger partial charge is 0.350 e. The van der Waals surface area contributed by atoms with E-state index in [1.165, 1.54) is 36.4 Å². The maximum absolute atomic E-state index is 13.2. The van der Waals surface area contributed by atoms with Crippen molar-refractivity contribution in [2.45, 2.75) is 42.5 Å². The molecular formula is C25H25FN2O2S. The summed E-state index contributed by atoms with van der Waals surface area (Å²) in [6, 6.07) is 21.5. The quantitative estimate of drug-likeness (QED) is 0.477. The first-order chi connectivity index (χ1) is 14.9. The zero-order valence-electron chi connectivity index (χ0n) is 17.5. The van der Waals surface area contributed by atoms with Gasteiger partial charge in [-0.2, -0.15) is 0 Å². The summed E-state index contributed by atoms with van der Waals surface area (Å²) in [5, 5.41) is 5.81. The van der Waals surface area contributed by atoms with Crippen LogP contribution in [-0.2, 0) is 11.2 Å². The first kappa shape index (κ1) is 22.6. The Morgan fingerprint density at radius 1 is 1.00 bits per heavy atom. The number of carbonyl (C=O) groups excluding carboxylic acids is 2. The number of hydrogen-bond donors (Lipinski definition) is 2. The van der Waals surface area contributed by atoms with E-state index in [0.717, 1.165) is 22.6 Å². The summed E-state index contributed by atoms with van der Waals surface area (Å²) in [4.78, 5) is 26.0. The molecule has 160 valence electrons. The molecule has 2 N–H and O–H groups in total. The fourth-order valence-electron chi connectivity index (χ4n) is 3.08. The third kappa shape index (κ3) is 6.96. The van der Waals surface area contributed by atoms with Crippen molar-refractivity contribution in [2.24, 2.45) is 0 Å². The Hall–Kier alpha value is -3.12. The minimum atomic E-state index is -0.306. The van der Waals surface area contributed by atoms with Crippen LogP contribution >= 0.6 is 11.8 Å². The highest BCUT2D eigenvalue weighted by Gasteiger charge is 2.14. The lowest BCUT2D eigenvalue weighted by molar-refractivity contribution is -0.114. The van der Waals surface area contributed by atoms with Crippen LogP contribution in [-0.4, -0.2) is 17.9 Å². The Kier molecular flexibility index (Phi) is 7.84. The lowest BCUT2D eigenvalue weighted by atomic mass is 10.1. The van der Waals surface area contributed by atoms with Crippen LogP contribution in [0.1, 0.15) is 36.2 Å². The van der Waals surface area contributed by atoms with Crippen molar-refractivity contribution in [3.8, 4) is 0 Å². The van der Waals surface area contributed by atoms with Crippen LogP contribution < -0.4 is 10.6 Å². The van der Waals surface area contributed by atoms with Gasteiger partial charge in [0.25, 0.3) is 5.91 Å². The first-order valence-corrected chi connectivity index (χ1v) is 10.9. The summed E-state index contributed by atoms with van der Waals surface area (Å²) < 4.78 is 13.2. The molecule has 0 bridgehead atoms. The van der Waals surface area contributed by atoms with Crippen LogP contribution in [0.25, 0.3) is 0 Å². The van der Waals surface area contributed by atoms with E-state index >= 15 is 0 Å². The fourth-order valence-corrected chi connectivity index (χ4v) is 3.97. The van der Waals surface area contributed by atoms with Crippen molar-refractivity contribution >= 4 is 29.3 Å². The molecule has 1 atom stereocenters. The van der Waals surface area contributed by atoms with E-state index in [-0.39, 0.29) is 23.7 Å². The SMILES string of the molecule is CC(=O)Nc1cc(C(=O)NC(C)CCc2ccccc2)ccc1Sc1ccc(F)cc1. The fraction of sp³-hybridized carbons (Fsp3) is 0.200. The standard InChI is InChI=1S/C25H25FN2O2S/c1-17(8-9-19-6-4-3-5-7-19)27-25(30)20-10-15-24(23(16-20)28-18(2)29)31-22-13-11-21(26)12-14-22/h3-7,10-17H,8-9H2,1-2H3,(H,27,30)(H,28,29). The number of halogens is 1. The monoisotopic (exact) mass is 436 g/mol. The van der Waals surface area contributed by atoms with Gasteiger partial charge < -0.3 is 10.6 Å². The summed E-state index contributed by atoms with van der Waals surface area (Å²) in [5.41, 5.74) is 2.25. The number of rotatable bonds is 8. The topological polar surface area (TPSA) is 58.2 Å². The Bertz CT molecular complexity index is 1040. The second-order valence-corrected chi connectivity index (χ2v) is 8.46. The van der Waals surface area contributed by atoms with Crippen LogP contribution in [0.2, 0.25) is 0 Å². The van der Waals surface area contributed by atoms with Gasteiger partial charge in [-0.05, 0) is 67.8 Å². The van der Waals surface area contributed by atoms with Gasteiger partial charge in [0.2, 0.25) is 5.91 Å². The number of aryl methyl sites for hydroxylation is 1. The van der Waals surface area contributed by atoms with Crippen LogP contribution in [0.3, 0.4) is 0 Å². The molecule has 0 aliphatic rings. The number of hydrogen-bond acceptors (Lipinski definition) is 3. The molecule has 0 aliphatic carbocycles. The summed E-state index contributed by atoms with van der Waals surface area (Å²) >= 11 is 1.39. The lowest BCUT2D eigenvalue weighted by Gasteiger charge is -2.16. The van der Waals surface area contributed by atoms with E-state index < -0.39 is 0 Å². The van der Waals surface area contributed by atoms with Crippen LogP contribution in [0.15, 0.2) is 82.6 Å². The molecule has 3 aromatic carbocycles. The summed E-state index contributed by atoms with van der Waals surface area (Å²) in [7, 11) is 0. The normalized spacial score (nSPS) is 11.6. The van der Waals surface area contributed by atoms with Crippen LogP contribution in [0.5, 0.6) is 0 Å². The predicted molar refractivity (Wildman–Crippen MR) is 123 cm³/mol. The van der Waals surface area contributed by atoms with Gasteiger partial charge in [0.1, 0.15) is 5.82 Å². The number of anilines is 1. The molecular weight excluding hydrogens is 411 g/mol. The highest BCUT2D eigenvalue weighted by molar-refractivity contribution is 7.99. The van der Waals surface area contributed by atoms with Gasteiger partial charge in [-0.25, -0.2) is 4.39 Å². The van der Waals surface area contributed by atoms with Crippen LogP contribution in [0, 0.1) is 5.82 Å². The van der Waals surface area contributed by atoms with Gasteiger partial charge in [0, 0.05) is 28.3 Å². The molecule has 3 rings (SSSR count). The van der Waals surface area contributed by atoms with E-state index in [1.54, 1.807) is 30.3 Å². The molecule has 4 nitrogen and oxygen atoms in total. The molecule has 1 unspecified atom stereocenters. The Morgan fingerprint density at radius 2 is 1.71 bits per heavy atom. The van der Waals surface area contributed by atoms with Gasteiger partial charge in [-0.1, -0.05) is 42.1 Å². The first-order valence-electron chi connectivity index (χ1n) is 10.1. The molecule has 0 fully saturated rings. The van der Waals surface area contributed by atoms with Crippen LogP contribution in [0.4, 0.5) is 10.1 Å². The molecule has 0 saturated carbocycles. The number of nitrogens with one attached hydrogen (secondary N) is 2. The number of carbonyl (C=O) groups is 2.